The molecule has 1 aromatic rings. The number of sulfonamides is 1. The first-order valence-corrected chi connectivity index (χ1v) is 10.7. The molecule has 1 saturated heterocycles. The summed E-state index contributed by atoms with van der Waals surface area (Å²) >= 11 is 3.44. The van der Waals surface area contributed by atoms with Gasteiger partial charge in [-0.2, -0.15) is 4.31 Å². The van der Waals surface area contributed by atoms with Crippen LogP contribution in [0, 0.1) is 0 Å². The molecular formula is C17H23BrN2O3S. The minimum absolute atomic E-state index is 0.0233. The molecule has 0 unspecified atom stereocenters. The molecule has 0 radical (unpaired) electrons. The second-order valence-electron chi connectivity index (χ2n) is 6.67. The number of amides is 1. The Balaban J connectivity index is 2.13. The molecular weight excluding hydrogens is 392 g/mol. The zero-order valence-corrected chi connectivity index (χ0v) is 16.5. The Labute approximate surface area is 152 Å². The van der Waals surface area contributed by atoms with E-state index in [9.17, 15) is 13.2 Å². The fourth-order valence-corrected chi connectivity index (χ4v) is 6.20. The number of rotatable bonds is 2. The van der Waals surface area contributed by atoms with Gasteiger partial charge in [0.1, 0.15) is 4.90 Å². The fourth-order valence-electron chi connectivity index (χ4n) is 3.77. The van der Waals surface area contributed by atoms with Crippen molar-refractivity contribution in [2.75, 3.05) is 18.0 Å². The van der Waals surface area contributed by atoms with Crippen molar-refractivity contribution < 1.29 is 13.2 Å². The summed E-state index contributed by atoms with van der Waals surface area (Å²) in [6.45, 7) is 4.56. The van der Waals surface area contributed by atoms with Crippen LogP contribution in [0.25, 0.3) is 0 Å². The van der Waals surface area contributed by atoms with Crippen LogP contribution in [0.3, 0.4) is 0 Å². The van der Waals surface area contributed by atoms with Crippen LogP contribution in [0.15, 0.2) is 21.5 Å². The quantitative estimate of drug-likeness (QED) is 0.745. The third-order valence-electron chi connectivity index (χ3n) is 4.84. The molecule has 2 aliphatic rings. The van der Waals surface area contributed by atoms with Gasteiger partial charge in [0, 0.05) is 30.5 Å². The average Bonchev–Trinajstić information content (AvgIpc) is 2.68. The lowest BCUT2D eigenvalue weighted by Crippen LogP contribution is -2.37. The predicted octanol–water partition coefficient (Wildman–Crippen LogP) is 3.31. The monoisotopic (exact) mass is 414 g/mol. The van der Waals surface area contributed by atoms with Gasteiger partial charge in [-0.3, -0.25) is 4.79 Å². The predicted molar refractivity (Wildman–Crippen MR) is 97.7 cm³/mol. The van der Waals surface area contributed by atoms with Gasteiger partial charge >= 0.3 is 0 Å². The molecule has 2 heterocycles. The molecule has 2 aliphatic heterocycles. The number of anilines is 1. The molecule has 0 saturated carbocycles. The smallest absolute Gasteiger partial charge is 0.245 e. The van der Waals surface area contributed by atoms with E-state index in [1.165, 1.54) is 6.92 Å². The lowest BCUT2D eigenvalue weighted by Gasteiger charge is -2.26. The lowest BCUT2D eigenvalue weighted by molar-refractivity contribution is -0.116. The fraction of sp³-hybridized carbons (Fsp3) is 0.588. The molecule has 1 atom stereocenters. The third-order valence-corrected chi connectivity index (χ3v) is 7.21. The molecule has 1 fully saturated rings. The Bertz CT molecular complexity index is 755. The van der Waals surface area contributed by atoms with Crippen molar-refractivity contribution in [1.82, 2.24) is 4.31 Å². The van der Waals surface area contributed by atoms with Crippen molar-refractivity contribution in [2.45, 2.75) is 56.9 Å². The molecule has 3 rings (SSSR count). The molecule has 7 heteroatoms. The van der Waals surface area contributed by atoms with Crippen molar-refractivity contribution in [3.05, 3.63) is 22.2 Å². The van der Waals surface area contributed by atoms with Gasteiger partial charge in [0.2, 0.25) is 15.9 Å². The summed E-state index contributed by atoms with van der Waals surface area (Å²) in [6, 6.07) is 3.55. The largest absolute Gasteiger partial charge is 0.308 e. The summed E-state index contributed by atoms with van der Waals surface area (Å²) in [5.74, 6) is -0.115. The highest BCUT2D eigenvalue weighted by Gasteiger charge is 2.37. The van der Waals surface area contributed by atoms with Gasteiger partial charge in [0.05, 0.1) is 5.69 Å². The zero-order valence-electron chi connectivity index (χ0n) is 14.1. The maximum Gasteiger partial charge on any atom is 0.245 e. The first-order chi connectivity index (χ1) is 11.3. The van der Waals surface area contributed by atoms with Gasteiger partial charge in [0.15, 0.2) is 0 Å². The lowest BCUT2D eigenvalue weighted by atomic mass is 10.1. The summed E-state index contributed by atoms with van der Waals surface area (Å²) in [5, 5.41) is 0. The van der Waals surface area contributed by atoms with Gasteiger partial charge < -0.3 is 4.90 Å². The number of nitrogens with zero attached hydrogens (tertiary/aromatic N) is 2. The summed E-state index contributed by atoms with van der Waals surface area (Å²) in [4.78, 5) is 14.0. The van der Waals surface area contributed by atoms with Crippen LogP contribution in [-0.4, -0.2) is 37.8 Å². The van der Waals surface area contributed by atoms with E-state index in [4.69, 9.17) is 0 Å². The molecule has 1 aromatic carbocycles. The normalized spacial score (nSPS) is 22.3. The van der Waals surface area contributed by atoms with E-state index in [2.05, 4.69) is 15.9 Å². The number of fused-ring (bicyclic) bond motifs is 1. The van der Waals surface area contributed by atoms with E-state index in [1.807, 2.05) is 13.0 Å². The molecule has 5 nitrogen and oxygen atoms in total. The van der Waals surface area contributed by atoms with Gasteiger partial charge in [-0.25, -0.2) is 8.42 Å². The minimum atomic E-state index is -3.61. The van der Waals surface area contributed by atoms with Crippen molar-refractivity contribution in [3.8, 4) is 0 Å². The van der Waals surface area contributed by atoms with Crippen LogP contribution < -0.4 is 4.90 Å². The zero-order chi connectivity index (χ0) is 17.5. The first kappa shape index (κ1) is 17.9. The topological polar surface area (TPSA) is 57.7 Å². The van der Waals surface area contributed by atoms with Crippen molar-refractivity contribution in [1.29, 1.82) is 0 Å². The second-order valence-corrected chi connectivity index (χ2v) is 9.49. The van der Waals surface area contributed by atoms with E-state index < -0.39 is 10.0 Å². The van der Waals surface area contributed by atoms with E-state index in [0.717, 1.165) is 35.7 Å². The molecule has 24 heavy (non-hydrogen) atoms. The van der Waals surface area contributed by atoms with Crippen LogP contribution in [-0.2, 0) is 21.2 Å². The van der Waals surface area contributed by atoms with Gasteiger partial charge in [-0.05, 0) is 43.9 Å². The molecule has 0 aliphatic carbocycles. The highest BCUT2D eigenvalue weighted by molar-refractivity contribution is 9.10. The van der Waals surface area contributed by atoms with Crippen LogP contribution in [0.1, 0.15) is 45.1 Å². The van der Waals surface area contributed by atoms with Gasteiger partial charge in [-0.15, -0.1) is 0 Å². The Morgan fingerprint density at radius 1 is 1.17 bits per heavy atom. The maximum atomic E-state index is 13.3. The number of hydrogen-bond donors (Lipinski definition) is 0. The summed E-state index contributed by atoms with van der Waals surface area (Å²) in [6.07, 6.45) is 4.60. The van der Waals surface area contributed by atoms with E-state index in [-0.39, 0.29) is 16.8 Å². The second kappa shape index (κ2) is 6.77. The standard InChI is InChI=1S/C17H23BrN2O3S/c1-12-9-14-10-15(18)11-16(17(14)20(12)13(2)21)24(22,23)19-7-5-3-4-6-8-19/h10-12H,3-9H2,1-2H3/t12-/m1/s1. The maximum absolute atomic E-state index is 13.3. The number of benzene rings is 1. The summed E-state index contributed by atoms with van der Waals surface area (Å²) < 4.78 is 28.9. The Morgan fingerprint density at radius 2 is 1.79 bits per heavy atom. The van der Waals surface area contributed by atoms with Crippen molar-refractivity contribution >= 4 is 37.5 Å². The summed E-state index contributed by atoms with van der Waals surface area (Å²) in [7, 11) is -3.61. The Kier molecular flexibility index (Phi) is 5.04. The highest BCUT2D eigenvalue weighted by Crippen LogP contribution is 2.41. The number of carbonyl (C=O) groups excluding carboxylic acids is 1. The van der Waals surface area contributed by atoms with E-state index >= 15 is 0 Å². The molecule has 0 spiro atoms. The average molecular weight is 415 g/mol. The third kappa shape index (κ3) is 3.13. The highest BCUT2D eigenvalue weighted by atomic mass is 79.9. The summed E-state index contributed by atoms with van der Waals surface area (Å²) in [5.41, 5.74) is 1.49. The van der Waals surface area contributed by atoms with Gasteiger partial charge in [0.25, 0.3) is 0 Å². The van der Waals surface area contributed by atoms with Crippen molar-refractivity contribution in [3.63, 3.8) is 0 Å². The van der Waals surface area contributed by atoms with E-state index in [0.29, 0.717) is 25.2 Å². The van der Waals surface area contributed by atoms with Crippen LogP contribution in [0.4, 0.5) is 5.69 Å². The molecule has 132 valence electrons. The van der Waals surface area contributed by atoms with E-state index in [1.54, 1.807) is 15.3 Å². The van der Waals surface area contributed by atoms with Crippen LogP contribution >= 0.6 is 15.9 Å². The Hall–Kier alpha value is -0.920. The number of carbonyl (C=O) groups is 1. The first-order valence-electron chi connectivity index (χ1n) is 8.44. The minimum Gasteiger partial charge on any atom is -0.308 e. The van der Waals surface area contributed by atoms with Crippen molar-refractivity contribution in [2.24, 2.45) is 0 Å². The molecule has 0 N–H and O–H groups in total. The SMILES string of the molecule is CC(=O)N1c2c(cc(Br)cc2S(=O)(=O)N2CCCCCC2)C[C@H]1C. The molecule has 1 amide bonds. The number of hydrogen-bond acceptors (Lipinski definition) is 3. The molecule has 0 bridgehead atoms. The Morgan fingerprint density at radius 3 is 2.38 bits per heavy atom. The van der Waals surface area contributed by atoms with Crippen LogP contribution in [0.5, 0.6) is 0 Å². The van der Waals surface area contributed by atoms with Crippen LogP contribution in [0.2, 0.25) is 0 Å². The molecule has 0 aromatic heterocycles. The number of halogens is 1. The van der Waals surface area contributed by atoms with Gasteiger partial charge in [-0.1, -0.05) is 28.8 Å².